The number of esters is 1. The Morgan fingerprint density at radius 1 is 0.900 bits per heavy atom. The van der Waals surface area contributed by atoms with Gasteiger partial charge in [-0.3, -0.25) is 9.59 Å². The van der Waals surface area contributed by atoms with E-state index in [0.29, 0.717) is 0 Å². The van der Waals surface area contributed by atoms with Crippen LogP contribution in [-0.4, -0.2) is 122 Å². The number of carbonyl (C=O) groups is 2. The van der Waals surface area contributed by atoms with E-state index in [0.717, 1.165) is 0 Å². The van der Waals surface area contributed by atoms with Crippen molar-refractivity contribution >= 4 is 11.9 Å². The first-order valence-corrected chi connectivity index (χ1v) is 9.07. The minimum Gasteiger partial charge on any atom is -0.434 e. The van der Waals surface area contributed by atoms with Gasteiger partial charge in [0.05, 0.1) is 19.3 Å². The van der Waals surface area contributed by atoms with Crippen LogP contribution >= 0.6 is 0 Å². The fourth-order valence-electron chi connectivity index (χ4n) is 2.86. The van der Waals surface area contributed by atoms with Crippen molar-refractivity contribution in [2.45, 2.75) is 75.1 Å². The van der Waals surface area contributed by atoms with Crippen molar-refractivity contribution in [3.8, 4) is 0 Å². The molecule has 0 radical (unpaired) electrons. The third-order valence-corrected chi connectivity index (χ3v) is 4.48. The molecule has 10 N–H and O–H groups in total. The average Bonchev–Trinajstić information content (AvgIpc) is 2.68. The third kappa shape index (κ3) is 6.78. The average molecular weight is 442 g/mol. The van der Waals surface area contributed by atoms with Gasteiger partial charge in [0.2, 0.25) is 12.2 Å². The van der Waals surface area contributed by atoms with E-state index in [-0.39, 0.29) is 0 Å². The number of hydrogen-bond donors (Lipinski definition) is 9. The topological polar surface area (TPSA) is 241 Å². The number of amides is 1. The molecule has 176 valence electrons. The lowest BCUT2D eigenvalue weighted by molar-refractivity contribution is -0.258. The second-order valence-corrected chi connectivity index (χ2v) is 6.85. The van der Waals surface area contributed by atoms with Crippen LogP contribution in [0.5, 0.6) is 0 Å². The van der Waals surface area contributed by atoms with E-state index in [1.165, 1.54) is 13.8 Å². The highest BCUT2D eigenvalue weighted by Gasteiger charge is 2.44. The molecule has 2 heterocycles. The molecule has 0 aromatic heterocycles. The smallest absolute Gasteiger partial charge is 0.304 e. The Bertz CT molecular complexity index is 562. The van der Waals surface area contributed by atoms with Crippen LogP contribution < -0.4 is 11.1 Å². The second kappa shape index (κ2) is 11.8. The summed E-state index contributed by atoms with van der Waals surface area (Å²) in [6.45, 7) is 1.36. The summed E-state index contributed by atoms with van der Waals surface area (Å²) < 4.78 is 14.5. The minimum atomic E-state index is -1.45. The van der Waals surface area contributed by atoms with Crippen LogP contribution in [0.4, 0.5) is 0 Å². The first-order chi connectivity index (χ1) is 13.9. The maximum absolute atomic E-state index is 10.7. The molecule has 14 heteroatoms. The van der Waals surface area contributed by atoms with E-state index in [1.54, 1.807) is 0 Å². The molecular formula is C16H30N2O12. The van der Waals surface area contributed by atoms with Gasteiger partial charge in [0.25, 0.3) is 0 Å². The fraction of sp³-hybridized carbons (Fsp3) is 0.875. The molecule has 14 nitrogen and oxygen atoms in total. The van der Waals surface area contributed by atoms with Gasteiger partial charge in [-0.2, -0.15) is 0 Å². The zero-order valence-electron chi connectivity index (χ0n) is 16.4. The molecule has 0 aromatic carbocycles. The van der Waals surface area contributed by atoms with Crippen molar-refractivity contribution in [1.29, 1.82) is 0 Å². The van der Waals surface area contributed by atoms with Crippen LogP contribution in [-0.2, 0) is 23.8 Å². The lowest BCUT2D eigenvalue weighted by atomic mass is 9.97. The maximum Gasteiger partial charge on any atom is 0.304 e. The zero-order valence-corrected chi connectivity index (χ0v) is 16.4. The van der Waals surface area contributed by atoms with Crippen molar-refractivity contribution in [3.63, 3.8) is 0 Å². The molecule has 0 aliphatic carbocycles. The Labute approximate surface area is 171 Å². The Balaban J connectivity index is 0.000000300. The van der Waals surface area contributed by atoms with Gasteiger partial charge in [-0.15, -0.1) is 0 Å². The number of carbonyl (C=O) groups excluding carboxylic acids is 2. The molecule has 0 saturated carbocycles. The summed E-state index contributed by atoms with van der Waals surface area (Å²) in [6, 6.07) is -2.13. The summed E-state index contributed by atoms with van der Waals surface area (Å²) in [6.07, 6.45) is -10.0. The van der Waals surface area contributed by atoms with Gasteiger partial charge in [0.15, 0.2) is 6.29 Å². The number of nitrogens with two attached hydrogens (primary N) is 1. The third-order valence-electron chi connectivity index (χ3n) is 4.48. The van der Waals surface area contributed by atoms with Crippen molar-refractivity contribution in [1.82, 2.24) is 5.32 Å². The number of aliphatic hydroxyl groups is 7. The SMILES string of the molecule is CC(=O)N[C@H]1C(O)O[C@H](CO)[C@@H](O)[C@@H]1O.CC(=O)OC1O[C@H](CO)[C@@H](O)[C@H](O)[C@H]1N. The molecule has 0 aromatic rings. The van der Waals surface area contributed by atoms with Crippen LogP contribution in [0.15, 0.2) is 0 Å². The lowest BCUT2D eigenvalue weighted by Crippen LogP contribution is -2.63. The molecule has 0 bridgehead atoms. The van der Waals surface area contributed by atoms with Gasteiger partial charge in [-0.25, -0.2) is 0 Å². The summed E-state index contributed by atoms with van der Waals surface area (Å²) in [5.74, 6) is -1.08. The predicted molar refractivity (Wildman–Crippen MR) is 95.1 cm³/mol. The summed E-state index contributed by atoms with van der Waals surface area (Å²) >= 11 is 0. The molecule has 1 amide bonds. The molecule has 30 heavy (non-hydrogen) atoms. The Hall–Kier alpha value is -1.46. The van der Waals surface area contributed by atoms with E-state index in [1.807, 2.05) is 0 Å². The van der Waals surface area contributed by atoms with E-state index >= 15 is 0 Å². The predicted octanol–water partition coefficient (Wildman–Crippen LogP) is -5.76. The van der Waals surface area contributed by atoms with E-state index < -0.39 is 86.4 Å². The highest BCUT2D eigenvalue weighted by molar-refractivity contribution is 5.73. The number of hydrogen-bond acceptors (Lipinski definition) is 13. The van der Waals surface area contributed by atoms with Crippen LogP contribution in [0.1, 0.15) is 13.8 Å². The van der Waals surface area contributed by atoms with E-state index in [9.17, 15) is 35.1 Å². The lowest BCUT2D eigenvalue weighted by Gasteiger charge is -2.40. The molecule has 2 aliphatic rings. The van der Waals surface area contributed by atoms with Crippen molar-refractivity contribution in [3.05, 3.63) is 0 Å². The largest absolute Gasteiger partial charge is 0.434 e. The monoisotopic (exact) mass is 442 g/mol. The van der Waals surface area contributed by atoms with Gasteiger partial charge in [0.1, 0.15) is 42.7 Å². The zero-order chi connectivity index (χ0) is 23.2. The fourth-order valence-corrected chi connectivity index (χ4v) is 2.86. The number of nitrogens with one attached hydrogen (secondary N) is 1. The number of aliphatic hydroxyl groups excluding tert-OH is 7. The van der Waals surface area contributed by atoms with Gasteiger partial charge >= 0.3 is 5.97 Å². The highest BCUT2D eigenvalue weighted by Crippen LogP contribution is 2.21. The van der Waals surface area contributed by atoms with Gasteiger partial charge < -0.3 is 61.0 Å². The normalized spacial score (nSPS) is 41.3. The Kier molecular flexibility index (Phi) is 10.5. The summed E-state index contributed by atoms with van der Waals surface area (Å²) in [5, 5.41) is 67.1. The van der Waals surface area contributed by atoms with Crippen LogP contribution in [0.2, 0.25) is 0 Å². The van der Waals surface area contributed by atoms with Crippen molar-refractivity contribution < 1.29 is 59.5 Å². The standard InChI is InChI=1S/2C8H15NO6/c1-3(11)14-8-5(9)7(13)6(12)4(2-10)15-8;1-3(11)9-5-7(13)6(12)4(2-10)15-8(5)14/h4-8,10,12-13H,2,9H2,1H3;4-8,10,12-14H,2H2,1H3,(H,9,11)/t2*4-,5-,6-,7-,8?/m11/s1. The van der Waals surface area contributed by atoms with Crippen molar-refractivity contribution in [2.75, 3.05) is 13.2 Å². The maximum atomic E-state index is 10.7. The molecule has 0 spiro atoms. The second-order valence-electron chi connectivity index (χ2n) is 6.85. The van der Waals surface area contributed by atoms with Crippen LogP contribution in [0, 0.1) is 0 Å². The van der Waals surface area contributed by atoms with Crippen LogP contribution in [0.25, 0.3) is 0 Å². The first kappa shape index (κ1) is 26.6. The van der Waals surface area contributed by atoms with E-state index in [2.05, 4.69) is 10.1 Å². The quantitative estimate of drug-likeness (QED) is 0.185. The molecule has 2 fully saturated rings. The van der Waals surface area contributed by atoms with Gasteiger partial charge in [-0.05, 0) is 0 Å². The highest BCUT2D eigenvalue weighted by atomic mass is 16.7. The van der Waals surface area contributed by atoms with Gasteiger partial charge in [0, 0.05) is 13.8 Å². The van der Waals surface area contributed by atoms with E-state index in [4.69, 9.17) is 25.4 Å². The number of rotatable bonds is 4. The molecule has 2 rings (SSSR count). The van der Waals surface area contributed by atoms with Crippen LogP contribution in [0.3, 0.4) is 0 Å². The molecular weight excluding hydrogens is 412 g/mol. The Morgan fingerprint density at radius 3 is 1.87 bits per heavy atom. The Morgan fingerprint density at radius 2 is 1.40 bits per heavy atom. The van der Waals surface area contributed by atoms with Gasteiger partial charge in [-0.1, -0.05) is 0 Å². The summed E-state index contributed by atoms with van der Waals surface area (Å²) in [7, 11) is 0. The molecule has 2 saturated heterocycles. The molecule has 2 aliphatic heterocycles. The summed E-state index contributed by atoms with van der Waals surface area (Å²) in [5.41, 5.74) is 5.48. The summed E-state index contributed by atoms with van der Waals surface area (Å²) in [4.78, 5) is 21.4. The van der Waals surface area contributed by atoms with Crippen molar-refractivity contribution in [2.24, 2.45) is 5.73 Å². The first-order valence-electron chi connectivity index (χ1n) is 9.07. The number of ether oxygens (including phenoxy) is 3. The minimum absolute atomic E-state index is 0.462. The molecule has 10 atom stereocenters. The molecule has 2 unspecified atom stereocenters.